The van der Waals surface area contributed by atoms with Crippen LogP contribution in [0, 0.1) is 16.0 Å². The molecule has 4 rings (SSSR count). The van der Waals surface area contributed by atoms with Gasteiger partial charge in [-0.25, -0.2) is 8.42 Å². The van der Waals surface area contributed by atoms with Crippen LogP contribution < -0.4 is 4.90 Å². The zero-order valence-electron chi connectivity index (χ0n) is 16.1. The number of aromatic nitrogens is 3. The smallest absolute Gasteiger partial charge is 0.270 e. The van der Waals surface area contributed by atoms with Crippen LogP contribution in [-0.4, -0.2) is 58.8 Å². The third-order valence-corrected chi connectivity index (χ3v) is 7.64. The Morgan fingerprint density at radius 2 is 1.86 bits per heavy atom. The molecule has 0 unspecified atom stereocenters. The summed E-state index contributed by atoms with van der Waals surface area (Å²) in [6.07, 6.45) is 6.90. The van der Waals surface area contributed by atoms with Crippen molar-refractivity contribution in [2.45, 2.75) is 37.1 Å². The molecule has 2 aromatic rings. The molecule has 2 fully saturated rings. The molecule has 2 saturated heterocycles. The monoisotopic (exact) mass is 420 g/mol. The molecule has 0 radical (unpaired) electrons. The summed E-state index contributed by atoms with van der Waals surface area (Å²) in [6.45, 7) is 3.10. The number of non-ortho nitro benzene ring substituents is 1. The fourth-order valence-corrected chi connectivity index (χ4v) is 5.85. The first-order valence-corrected chi connectivity index (χ1v) is 11.3. The van der Waals surface area contributed by atoms with Crippen molar-refractivity contribution in [1.82, 2.24) is 19.3 Å². The van der Waals surface area contributed by atoms with E-state index < -0.39 is 14.9 Å². The Bertz CT molecular complexity index is 964. The van der Waals surface area contributed by atoms with Crippen LogP contribution in [0.5, 0.6) is 0 Å². The summed E-state index contributed by atoms with van der Waals surface area (Å²) in [4.78, 5) is 12.8. The van der Waals surface area contributed by atoms with Crippen molar-refractivity contribution in [3.8, 4) is 0 Å². The van der Waals surface area contributed by atoms with Crippen LogP contribution in [0.25, 0.3) is 0 Å². The molecule has 0 bridgehead atoms. The van der Waals surface area contributed by atoms with E-state index in [9.17, 15) is 18.5 Å². The Morgan fingerprint density at radius 1 is 1.14 bits per heavy atom. The van der Waals surface area contributed by atoms with Gasteiger partial charge in [0.2, 0.25) is 10.0 Å². The summed E-state index contributed by atoms with van der Waals surface area (Å²) in [5.41, 5.74) is 0.356. The lowest BCUT2D eigenvalue weighted by atomic mass is 9.96. The minimum absolute atomic E-state index is 0.0447. The van der Waals surface area contributed by atoms with Gasteiger partial charge in [-0.2, -0.15) is 4.31 Å². The number of hydrogen-bond donors (Lipinski definition) is 0. The molecule has 2 aliphatic rings. The van der Waals surface area contributed by atoms with Crippen LogP contribution in [0.1, 0.15) is 25.7 Å². The highest BCUT2D eigenvalue weighted by molar-refractivity contribution is 7.89. The number of nitrogens with zero attached hydrogens (tertiary/aromatic N) is 6. The Labute approximate surface area is 169 Å². The molecular weight excluding hydrogens is 396 g/mol. The van der Waals surface area contributed by atoms with Gasteiger partial charge in [0.25, 0.3) is 5.69 Å². The molecule has 3 heterocycles. The van der Waals surface area contributed by atoms with Crippen molar-refractivity contribution in [2.75, 3.05) is 31.1 Å². The van der Waals surface area contributed by atoms with E-state index in [2.05, 4.69) is 10.3 Å². The van der Waals surface area contributed by atoms with Crippen LogP contribution in [0.4, 0.5) is 11.4 Å². The Balaban J connectivity index is 1.57. The van der Waals surface area contributed by atoms with Gasteiger partial charge in [0.1, 0.15) is 4.90 Å². The number of sulfonamides is 1. The molecule has 156 valence electrons. The molecule has 0 saturated carbocycles. The second-order valence-electron chi connectivity index (χ2n) is 7.58. The van der Waals surface area contributed by atoms with Crippen molar-refractivity contribution in [2.24, 2.45) is 5.92 Å². The van der Waals surface area contributed by atoms with E-state index in [1.165, 1.54) is 16.4 Å². The quantitative estimate of drug-likeness (QED) is 0.518. The molecule has 29 heavy (non-hydrogen) atoms. The SMILES string of the molecule is O=[N+]([O-])c1ccc(N2CCC(Cn3ccnn3)CC2)c(S(=O)(=O)N2CCCC2)c1. The lowest BCUT2D eigenvalue weighted by Crippen LogP contribution is -2.37. The van der Waals surface area contributed by atoms with Crippen LogP contribution >= 0.6 is 0 Å². The van der Waals surface area contributed by atoms with Gasteiger partial charge < -0.3 is 4.90 Å². The largest absolute Gasteiger partial charge is 0.370 e. The minimum Gasteiger partial charge on any atom is -0.370 e. The second-order valence-corrected chi connectivity index (χ2v) is 9.48. The van der Waals surface area contributed by atoms with E-state index in [0.29, 0.717) is 37.8 Å². The Hall–Kier alpha value is -2.53. The molecule has 1 aromatic carbocycles. The summed E-state index contributed by atoms with van der Waals surface area (Å²) in [5, 5.41) is 19.1. The van der Waals surface area contributed by atoms with Crippen LogP contribution in [0.15, 0.2) is 35.5 Å². The normalized spacial score (nSPS) is 19.0. The fourth-order valence-electron chi connectivity index (χ4n) is 4.10. The first-order valence-electron chi connectivity index (χ1n) is 9.83. The maximum absolute atomic E-state index is 13.2. The predicted molar refractivity (Wildman–Crippen MR) is 106 cm³/mol. The molecule has 0 aliphatic carbocycles. The zero-order chi connectivity index (χ0) is 20.4. The van der Waals surface area contributed by atoms with Gasteiger partial charge in [-0.05, 0) is 37.7 Å². The third kappa shape index (κ3) is 4.10. The van der Waals surface area contributed by atoms with Crippen LogP contribution in [0.3, 0.4) is 0 Å². The number of nitro groups is 1. The fraction of sp³-hybridized carbons (Fsp3) is 0.556. The van der Waals surface area contributed by atoms with E-state index in [4.69, 9.17) is 0 Å². The highest BCUT2D eigenvalue weighted by atomic mass is 32.2. The predicted octanol–water partition coefficient (Wildman–Crippen LogP) is 1.89. The summed E-state index contributed by atoms with van der Waals surface area (Å²) in [7, 11) is -3.76. The van der Waals surface area contributed by atoms with Crippen LogP contribution in [-0.2, 0) is 16.6 Å². The van der Waals surface area contributed by atoms with E-state index >= 15 is 0 Å². The molecule has 11 heteroatoms. The number of nitro benzene ring substituents is 1. The van der Waals surface area contributed by atoms with Gasteiger partial charge >= 0.3 is 0 Å². The summed E-state index contributed by atoms with van der Waals surface area (Å²) in [5.74, 6) is 0.435. The molecule has 0 spiro atoms. The number of hydrogen-bond acceptors (Lipinski definition) is 7. The van der Waals surface area contributed by atoms with E-state index in [1.54, 1.807) is 12.3 Å². The first kappa shape index (κ1) is 19.8. The van der Waals surface area contributed by atoms with E-state index in [-0.39, 0.29) is 10.6 Å². The average molecular weight is 420 g/mol. The maximum Gasteiger partial charge on any atom is 0.270 e. The lowest BCUT2D eigenvalue weighted by Gasteiger charge is -2.34. The van der Waals surface area contributed by atoms with Crippen molar-refractivity contribution in [3.05, 3.63) is 40.7 Å². The van der Waals surface area contributed by atoms with Crippen molar-refractivity contribution >= 4 is 21.4 Å². The van der Waals surface area contributed by atoms with Gasteiger partial charge in [0.15, 0.2) is 0 Å². The highest BCUT2D eigenvalue weighted by Gasteiger charge is 2.33. The Kier molecular flexibility index (Phi) is 5.50. The molecule has 0 atom stereocenters. The molecule has 10 nitrogen and oxygen atoms in total. The van der Waals surface area contributed by atoms with Gasteiger partial charge in [-0.15, -0.1) is 5.10 Å². The lowest BCUT2D eigenvalue weighted by molar-refractivity contribution is -0.385. The molecule has 0 amide bonds. The van der Waals surface area contributed by atoms with E-state index in [1.807, 2.05) is 15.8 Å². The molecule has 2 aliphatic heterocycles. The molecule has 0 N–H and O–H groups in total. The minimum atomic E-state index is -3.76. The summed E-state index contributed by atoms with van der Waals surface area (Å²) < 4.78 is 29.7. The van der Waals surface area contributed by atoms with Gasteiger partial charge in [0.05, 0.1) is 16.8 Å². The highest BCUT2D eigenvalue weighted by Crippen LogP contribution is 2.35. The van der Waals surface area contributed by atoms with Crippen molar-refractivity contribution < 1.29 is 13.3 Å². The molecule has 1 aromatic heterocycles. The van der Waals surface area contributed by atoms with Crippen LogP contribution in [0.2, 0.25) is 0 Å². The van der Waals surface area contributed by atoms with Gasteiger partial charge in [-0.1, -0.05) is 5.21 Å². The first-order chi connectivity index (χ1) is 13.9. The summed E-state index contributed by atoms with van der Waals surface area (Å²) >= 11 is 0. The Morgan fingerprint density at radius 3 is 2.48 bits per heavy atom. The topological polar surface area (TPSA) is 114 Å². The number of anilines is 1. The van der Waals surface area contributed by atoms with Crippen molar-refractivity contribution in [1.29, 1.82) is 0 Å². The zero-order valence-corrected chi connectivity index (χ0v) is 16.9. The number of rotatable bonds is 6. The van der Waals surface area contributed by atoms with Crippen molar-refractivity contribution in [3.63, 3.8) is 0 Å². The number of piperidine rings is 1. The molecular formula is C18H24N6O4S. The van der Waals surface area contributed by atoms with Gasteiger partial charge in [0, 0.05) is 51.1 Å². The number of benzene rings is 1. The average Bonchev–Trinajstić information content (AvgIpc) is 3.42. The third-order valence-electron chi connectivity index (χ3n) is 5.71. The van der Waals surface area contributed by atoms with Gasteiger partial charge in [-0.3, -0.25) is 14.8 Å². The van der Waals surface area contributed by atoms with E-state index in [0.717, 1.165) is 32.2 Å². The standard InChI is InChI=1S/C18H24N6O4S/c25-24(26)16-3-4-17(18(13-16)29(27,28)23-8-1-2-9-23)21-10-5-15(6-11-21)14-22-12-7-19-20-22/h3-4,7,12-13,15H,1-2,5-6,8-11,14H2. The second kappa shape index (κ2) is 8.07. The summed E-state index contributed by atoms with van der Waals surface area (Å²) in [6, 6.07) is 4.18. The maximum atomic E-state index is 13.2.